The molecule has 0 bridgehead atoms. The van der Waals surface area contributed by atoms with Gasteiger partial charge in [-0.15, -0.1) is 0 Å². The maximum Gasteiger partial charge on any atom is 0.228 e. The first kappa shape index (κ1) is 21.8. The number of piperidine rings is 1. The zero-order valence-electron chi connectivity index (χ0n) is 18.9. The van der Waals surface area contributed by atoms with Gasteiger partial charge in [0.15, 0.2) is 0 Å². The number of methoxy groups -OCH3 is 1. The van der Waals surface area contributed by atoms with Crippen molar-refractivity contribution in [3.05, 3.63) is 71.9 Å². The van der Waals surface area contributed by atoms with Gasteiger partial charge in [-0.2, -0.15) is 4.98 Å². The van der Waals surface area contributed by atoms with Crippen molar-refractivity contribution in [3.63, 3.8) is 0 Å². The Hall–Kier alpha value is -3.41. The van der Waals surface area contributed by atoms with Crippen molar-refractivity contribution >= 4 is 11.9 Å². The van der Waals surface area contributed by atoms with Gasteiger partial charge in [-0.25, -0.2) is 4.98 Å². The van der Waals surface area contributed by atoms with Crippen LogP contribution in [0.3, 0.4) is 0 Å². The second-order valence-corrected chi connectivity index (χ2v) is 8.31. The molecule has 1 unspecified atom stereocenters. The maximum atomic E-state index is 11.3. The lowest BCUT2D eigenvalue weighted by atomic mass is 9.88. The first-order valence-corrected chi connectivity index (χ1v) is 11.1. The summed E-state index contributed by atoms with van der Waals surface area (Å²) in [6, 6.07) is 18.7. The Balaban J connectivity index is 1.41. The number of nitrogens with zero attached hydrogens (tertiary/aromatic N) is 3. The average Bonchev–Trinajstić information content (AvgIpc) is 2.84. The zero-order chi connectivity index (χ0) is 22.5. The molecule has 6 nitrogen and oxygen atoms in total. The van der Waals surface area contributed by atoms with Crippen LogP contribution < -0.4 is 15.0 Å². The molecule has 2 aromatic carbocycles. The molecule has 1 N–H and O–H groups in total. The normalized spacial score (nSPS) is 15.3. The summed E-state index contributed by atoms with van der Waals surface area (Å²) in [5.41, 5.74) is 4.42. The van der Waals surface area contributed by atoms with Crippen LogP contribution in [0.15, 0.2) is 60.8 Å². The second-order valence-electron chi connectivity index (χ2n) is 8.31. The van der Waals surface area contributed by atoms with E-state index < -0.39 is 0 Å². The minimum Gasteiger partial charge on any atom is -0.480 e. The van der Waals surface area contributed by atoms with Gasteiger partial charge < -0.3 is 15.0 Å². The number of benzene rings is 2. The summed E-state index contributed by atoms with van der Waals surface area (Å²) in [5, 5.41) is 2.94. The van der Waals surface area contributed by atoms with E-state index in [0.717, 1.165) is 48.6 Å². The standard InChI is InChI=1S/C26H30N4O2/c1-18(28-19(2)31)20-9-11-21(12-10-20)22-13-15-30(16-14-22)26-27-17-24(25(29-26)32-3)23-7-5-4-6-8-23/h4-12,17-18,22H,13-16H2,1-3H3,(H,28,31). The third-order valence-corrected chi connectivity index (χ3v) is 6.12. The monoisotopic (exact) mass is 430 g/mol. The van der Waals surface area contributed by atoms with Gasteiger partial charge in [-0.05, 0) is 42.4 Å². The number of rotatable bonds is 6. The summed E-state index contributed by atoms with van der Waals surface area (Å²) in [5.74, 6) is 1.83. The van der Waals surface area contributed by atoms with Crippen molar-refractivity contribution in [1.29, 1.82) is 0 Å². The van der Waals surface area contributed by atoms with E-state index in [-0.39, 0.29) is 11.9 Å². The Morgan fingerprint density at radius 2 is 1.78 bits per heavy atom. The van der Waals surface area contributed by atoms with E-state index in [4.69, 9.17) is 9.72 Å². The second kappa shape index (κ2) is 9.81. The Morgan fingerprint density at radius 3 is 2.41 bits per heavy atom. The number of nitrogens with one attached hydrogen (secondary N) is 1. The first-order valence-electron chi connectivity index (χ1n) is 11.1. The summed E-state index contributed by atoms with van der Waals surface area (Å²) in [7, 11) is 1.65. The van der Waals surface area contributed by atoms with E-state index >= 15 is 0 Å². The molecule has 1 amide bonds. The molecular weight excluding hydrogens is 400 g/mol. The zero-order valence-corrected chi connectivity index (χ0v) is 18.9. The van der Waals surface area contributed by atoms with Crippen molar-refractivity contribution in [2.75, 3.05) is 25.1 Å². The van der Waals surface area contributed by atoms with Gasteiger partial charge >= 0.3 is 0 Å². The highest BCUT2D eigenvalue weighted by atomic mass is 16.5. The summed E-state index contributed by atoms with van der Waals surface area (Å²) >= 11 is 0. The van der Waals surface area contributed by atoms with E-state index in [1.807, 2.05) is 43.5 Å². The molecule has 1 aliphatic heterocycles. The van der Waals surface area contributed by atoms with Crippen LogP contribution in [-0.2, 0) is 4.79 Å². The van der Waals surface area contributed by atoms with Gasteiger partial charge in [0.2, 0.25) is 17.7 Å². The number of anilines is 1. The lowest BCUT2D eigenvalue weighted by Gasteiger charge is -2.32. The third-order valence-electron chi connectivity index (χ3n) is 6.12. The Kier molecular flexibility index (Phi) is 6.69. The Labute approximate surface area is 189 Å². The quantitative estimate of drug-likeness (QED) is 0.612. The van der Waals surface area contributed by atoms with Crippen LogP contribution in [0.25, 0.3) is 11.1 Å². The molecule has 6 heteroatoms. The largest absolute Gasteiger partial charge is 0.480 e. The highest BCUT2D eigenvalue weighted by Crippen LogP contribution is 2.33. The van der Waals surface area contributed by atoms with Gasteiger partial charge in [0.05, 0.1) is 18.7 Å². The number of amides is 1. The molecule has 32 heavy (non-hydrogen) atoms. The number of aromatic nitrogens is 2. The molecule has 1 atom stereocenters. The van der Waals surface area contributed by atoms with Crippen molar-refractivity contribution in [2.24, 2.45) is 0 Å². The van der Waals surface area contributed by atoms with E-state index in [9.17, 15) is 4.79 Å². The molecule has 1 aliphatic rings. The van der Waals surface area contributed by atoms with E-state index in [0.29, 0.717) is 11.8 Å². The van der Waals surface area contributed by atoms with Crippen LogP contribution in [-0.4, -0.2) is 36.1 Å². The van der Waals surface area contributed by atoms with Crippen molar-refractivity contribution in [1.82, 2.24) is 15.3 Å². The van der Waals surface area contributed by atoms with Gasteiger partial charge in [0.1, 0.15) is 0 Å². The molecule has 0 aliphatic carbocycles. The van der Waals surface area contributed by atoms with Crippen molar-refractivity contribution in [3.8, 4) is 17.0 Å². The predicted octanol–water partition coefficient (Wildman–Crippen LogP) is 4.73. The van der Waals surface area contributed by atoms with E-state index in [1.54, 1.807) is 14.0 Å². The highest BCUT2D eigenvalue weighted by molar-refractivity contribution is 5.73. The van der Waals surface area contributed by atoms with Gasteiger partial charge in [-0.1, -0.05) is 54.6 Å². The molecule has 4 rings (SSSR count). The van der Waals surface area contributed by atoms with Crippen LogP contribution in [0, 0.1) is 0 Å². The highest BCUT2D eigenvalue weighted by Gasteiger charge is 2.23. The Morgan fingerprint density at radius 1 is 1.09 bits per heavy atom. The van der Waals surface area contributed by atoms with Gasteiger partial charge in [-0.3, -0.25) is 4.79 Å². The summed E-state index contributed by atoms with van der Waals surface area (Å²) < 4.78 is 5.57. The fourth-order valence-electron chi connectivity index (χ4n) is 4.34. The Bertz CT molecular complexity index is 1050. The van der Waals surface area contributed by atoms with Gasteiger partial charge in [0.25, 0.3) is 0 Å². The summed E-state index contributed by atoms with van der Waals surface area (Å²) in [6.45, 7) is 5.37. The molecule has 0 saturated carbocycles. The smallest absolute Gasteiger partial charge is 0.228 e. The lowest BCUT2D eigenvalue weighted by molar-refractivity contribution is -0.119. The number of carbonyl (C=O) groups excluding carboxylic acids is 1. The summed E-state index contributed by atoms with van der Waals surface area (Å²) in [6.07, 6.45) is 3.96. The maximum absolute atomic E-state index is 11.3. The number of hydrogen-bond donors (Lipinski definition) is 1. The molecule has 1 saturated heterocycles. The average molecular weight is 431 g/mol. The molecule has 1 fully saturated rings. The molecular formula is C26H30N4O2. The van der Waals surface area contributed by atoms with Crippen molar-refractivity contribution in [2.45, 2.75) is 38.6 Å². The first-order chi connectivity index (χ1) is 15.5. The van der Waals surface area contributed by atoms with Gasteiger partial charge in [0, 0.05) is 26.2 Å². The van der Waals surface area contributed by atoms with E-state index in [1.165, 1.54) is 5.56 Å². The third kappa shape index (κ3) is 4.90. The molecule has 0 radical (unpaired) electrons. The van der Waals surface area contributed by atoms with Crippen LogP contribution >= 0.6 is 0 Å². The number of hydrogen-bond acceptors (Lipinski definition) is 5. The van der Waals surface area contributed by atoms with Crippen LogP contribution in [0.2, 0.25) is 0 Å². The van der Waals surface area contributed by atoms with Crippen LogP contribution in [0.4, 0.5) is 5.95 Å². The molecule has 1 aromatic heterocycles. The lowest BCUT2D eigenvalue weighted by Crippen LogP contribution is -2.34. The molecule has 2 heterocycles. The fraction of sp³-hybridized carbons (Fsp3) is 0.346. The number of carbonyl (C=O) groups is 1. The molecule has 166 valence electrons. The van der Waals surface area contributed by atoms with Crippen LogP contribution in [0.5, 0.6) is 5.88 Å². The van der Waals surface area contributed by atoms with Crippen LogP contribution in [0.1, 0.15) is 49.8 Å². The van der Waals surface area contributed by atoms with Crippen molar-refractivity contribution < 1.29 is 9.53 Å². The minimum absolute atomic E-state index is 0.00963. The summed E-state index contributed by atoms with van der Waals surface area (Å²) in [4.78, 5) is 22.9. The van der Waals surface area contributed by atoms with E-state index in [2.05, 4.69) is 39.5 Å². The molecule has 0 spiro atoms. The minimum atomic E-state index is -0.00963. The topological polar surface area (TPSA) is 67.3 Å². The SMILES string of the molecule is COc1nc(N2CCC(c3ccc(C(C)NC(C)=O)cc3)CC2)ncc1-c1ccccc1. The predicted molar refractivity (Wildman–Crippen MR) is 127 cm³/mol. The fourth-order valence-corrected chi connectivity index (χ4v) is 4.34. The molecule has 3 aromatic rings. The number of ether oxygens (including phenoxy) is 1.